The van der Waals surface area contributed by atoms with Crippen molar-refractivity contribution in [1.29, 1.82) is 0 Å². The van der Waals surface area contributed by atoms with Crippen LogP contribution < -0.4 is 28.7 Å². The number of rotatable bonds is 46. The van der Waals surface area contributed by atoms with Crippen LogP contribution in [0.5, 0.6) is 46.0 Å². The summed E-state index contributed by atoms with van der Waals surface area (Å²) in [5.41, 5.74) is 3.32. The van der Waals surface area contributed by atoms with Gasteiger partial charge in [-0.15, -0.1) is 0 Å². The Kier molecular flexibility index (Phi) is 32.0. The molecule has 0 saturated heterocycles. The van der Waals surface area contributed by atoms with E-state index in [1.165, 1.54) is 9.80 Å². The van der Waals surface area contributed by atoms with Crippen LogP contribution in [0.25, 0.3) is 43.1 Å². The molecule has 0 radical (unpaired) electrons. The molecule has 13 aromatic rings. The Balaban J connectivity index is 1.09. The monoisotopic (exact) mass is 2020 g/mol. The van der Waals surface area contributed by atoms with Gasteiger partial charge in [-0.2, -0.15) is 0 Å². The van der Waals surface area contributed by atoms with Crippen LogP contribution in [0.4, 0.5) is 22.7 Å². The minimum Gasteiger partial charge on any atom is -0.457 e. The molecule has 2 aliphatic heterocycles. The molecule has 0 N–H and O–H groups in total. The van der Waals surface area contributed by atoms with Gasteiger partial charge in [-0.25, -0.2) is 0 Å². The lowest BCUT2D eigenvalue weighted by Gasteiger charge is -2.39. The Hall–Kier alpha value is -12.0. The quantitative estimate of drug-likeness (QED) is 0.0148. The molecule has 0 aromatic heterocycles. The summed E-state index contributed by atoms with van der Waals surface area (Å²) in [7, 11) is 6.75. The van der Waals surface area contributed by atoms with Crippen molar-refractivity contribution in [3.63, 3.8) is 0 Å². The molecule has 2 atom stereocenters. The van der Waals surface area contributed by atoms with E-state index in [0.29, 0.717) is 72.6 Å². The SMILES string of the molecule is CO[Si](CCC(C)(C)c1ccc(Oc2cc3c4c(cc(Oc5ccc(C(C)(C)CC[Si](OC)(OC)OC)cc5)c5c6c(Oc7ccc(C(C)(C)CC[Si](OC)(OC)OC)cc7)cc7c8c(cc(Oc9ccc(C(C)(C)CC[Si](OC)(OC)OC)cc9)c(c2c45)c86)C(=O)N(C(C(=O)N(c2ccccc2)c2ccccc2)C(C)C)C7=O)C(=O)N(C(C(=O)N(c2ccccc2)c2ccccc2)C(C)C)C3=O)cc1)(OC)OC. The van der Waals surface area contributed by atoms with Crippen LogP contribution in [-0.2, 0) is 84.4 Å². The van der Waals surface area contributed by atoms with Crippen LogP contribution in [0.1, 0.15) is 172 Å². The first-order chi connectivity index (χ1) is 68.8. The number of anilines is 4. The predicted molar refractivity (Wildman–Crippen MR) is 569 cm³/mol. The Morgan fingerprint density at radius 1 is 0.264 bits per heavy atom. The molecule has 2 heterocycles. The Morgan fingerprint density at radius 3 is 0.611 bits per heavy atom. The van der Waals surface area contributed by atoms with Crippen molar-refractivity contribution in [2.24, 2.45) is 11.8 Å². The van der Waals surface area contributed by atoms with Crippen molar-refractivity contribution in [1.82, 2.24) is 9.80 Å². The summed E-state index contributed by atoms with van der Waals surface area (Å²) in [5, 5.41) is 1.55. The zero-order chi connectivity index (χ0) is 104. The molecule has 0 aliphatic carbocycles. The number of ether oxygens (including phenoxy) is 4. The van der Waals surface area contributed by atoms with Gasteiger partial charge >= 0.3 is 35.2 Å². The average Bonchev–Trinajstić information content (AvgIpc) is 0.667. The predicted octanol–water partition coefficient (Wildman–Crippen LogP) is 25.1. The van der Waals surface area contributed by atoms with Gasteiger partial charge in [0, 0.05) is 175 Å². The van der Waals surface area contributed by atoms with Gasteiger partial charge in [-0.3, -0.25) is 48.4 Å². The Bertz CT molecular complexity index is 5990. The first-order valence-corrected chi connectivity index (χ1v) is 56.3. The van der Waals surface area contributed by atoms with Gasteiger partial charge in [-0.1, -0.05) is 204 Å². The summed E-state index contributed by atoms with van der Waals surface area (Å²) < 4.78 is 102. The zero-order valence-corrected chi connectivity index (χ0v) is 90.8. The van der Waals surface area contributed by atoms with E-state index in [1.54, 1.807) is 186 Å². The lowest BCUT2D eigenvalue weighted by Crippen LogP contribution is -2.56. The number of imide groups is 2. The highest BCUT2D eigenvalue weighted by atomic mass is 28.4. The first kappa shape index (κ1) is 106. The summed E-state index contributed by atoms with van der Waals surface area (Å²) in [6, 6.07) is 72.3. The summed E-state index contributed by atoms with van der Waals surface area (Å²) in [4.78, 5) is 108. The molecular formula is C114H132N4O22Si4. The number of amides is 6. The second-order valence-electron chi connectivity index (χ2n) is 39.9. The third kappa shape index (κ3) is 20.6. The summed E-state index contributed by atoms with van der Waals surface area (Å²) in [5.74, 6) is -4.82. The second kappa shape index (κ2) is 43.3. The Morgan fingerprint density at radius 2 is 0.444 bits per heavy atom. The van der Waals surface area contributed by atoms with Crippen LogP contribution in [0.2, 0.25) is 24.2 Å². The first-order valence-electron chi connectivity index (χ1n) is 48.6. The molecule has 0 bridgehead atoms. The molecule has 0 fully saturated rings. The molecular weight excluding hydrogens is 1890 g/mol. The molecule has 26 nitrogen and oxygen atoms in total. The fourth-order valence-corrected chi connectivity index (χ4v) is 28.4. The molecule has 2 aliphatic rings. The lowest BCUT2D eigenvalue weighted by atomic mass is 9.80. The summed E-state index contributed by atoms with van der Waals surface area (Å²) in [6.45, 7) is 24.2. The highest BCUT2D eigenvalue weighted by Crippen LogP contribution is 2.59. The van der Waals surface area contributed by atoms with Crippen molar-refractivity contribution >= 4 is 137 Å². The molecule has 6 amide bonds. The largest absolute Gasteiger partial charge is 0.500 e. The third-order valence-corrected chi connectivity index (χ3v) is 40.1. The zero-order valence-electron chi connectivity index (χ0n) is 86.8. The van der Waals surface area contributed by atoms with Crippen LogP contribution >= 0.6 is 0 Å². The maximum absolute atomic E-state index is 17.4. The second-order valence-corrected chi connectivity index (χ2v) is 52.3. The standard InChI is InChI=1S/C114H132N4O22Si4/c1-73(2)103(109(123)115(79-37-29-25-30-38-79)80-39-31-26-32-40-80)117-105(119)87-69-91(137-83-53-45-75(46-54-83)111(5,6)61-65-141(125-13,126-14)127-15)97-99-93(139-85-57-49-77(50-58-85)113(9,10)63-67-143(131-19,132-20)133-21)71-89-96-90(108(122)118(107(89)121)104(74(3)4)110(124)116(81-41-33-27-34-42-81)82-43-35-28-36-44-82)72-94(140-86-59-51-78(52-60-86)114(11,12)64-68-144(134-22,135-23)136-24)100(102(96)99)98-92(70-88(106(117)120)95(87)101(97)98)138-84-55-47-76(48-56-84)112(7,8)62-66-142(128-16,129-17)130-18/h25-60,69-74,103-104H,61-68H2,1-24H3. The maximum Gasteiger partial charge on any atom is 0.500 e. The van der Waals surface area contributed by atoms with E-state index < -0.39 is 116 Å². The number of hydrogen-bond acceptors (Lipinski definition) is 22. The number of benzene rings is 13. The molecule has 756 valence electrons. The van der Waals surface area contributed by atoms with Gasteiger partial charge in [0.1, 0.15) is 58.1 Å². The van der Waals surface area contributed by atoms with Gasteiger partial charge < -0.3 is 72.1 Å². The van der Waals surface area contributed by atoms with Gasteiger partial charge in [0.2, 0.25) is 0 Å². The Labute approximate surface area is 848 Å². The number of nitrogens with zero attached hydrogens (tertiary/aromatic N) is 4. The van der Waals surface area contributed by atoms with Gasteiger partial charge in [0.15, 0.2) is 0 Å². The van der Waals surface area contributed by atoms with E-state index in [0.717, 1.165) is 32.1 Å². The molecule has 0 saturated carbocycles. The number of carbonyl (C=O) groups excluding carboxylic acids is 6. The van der Waals surface area contributed by atoms with Crippen molar-refractivity contribution in [3.05, 3.63) is 287 Å². The van der Waals surface area contributed by atoms with E-state index in [9.17, 15) is 0 Å². The lowest BCUT2D eigenvalue weighted by molar-refractivity contribution is -0.123. The minimum absolute atomic E-state index is 0.0185. The van der Waals surface area contributed by atoms with Gasteiger partial charge in [-0.05, 0) is 203 Å². The highest BCUT2D eigenvalue weighted by molar-refractivity contribution is 6.62. The van der Waals surface area contributed by atoms with Crippen molar-refractivity contribution in [3.8, 4) is 46.0 Å². The third-order valence-electron chi connectivity index (χ3n) is 29.2. The van der Waals surface area contributed by atoms with Crippen LogP contribution in [0.3, 0.4) is 0 Å². The van der Waals surface area contributed by atoms with Crippen LogP contribution in [0.15, 0.2) is 243 Å². The summed E-state index contributed by atoms with van der Waals surface area (Å²) in [6.07, 6.45) is 2.34. The normalized spacial score (nSPS) is 14.0. The molecule has 13 aromatic carbocycles. The fourth-order valence-electron chi connectivity index (χ4n) is 20.2. The molecule has 2 unspecified atom stereocenters. The molecule has 30 heteroatoms. The van der Waals surface area contributed by atoms with E-state index in [4.69, 9.17) is 72.1 Å². The summed E-state index contributed by atoms with van der Waals surface area (Å²) >= 11 is 0. The average molecular weight is 2020 g/mol. The smallest absolute Gasteiger partial charge is 0.457 e. The molecule has 15 rings (SSSR count). The van der Waals surface area contributed by atoms with Crippen molar-refractivity contribution < 1.29 is 101 Å². The van der Waals surface area contributed by atoms with Crippen molar-refractivity contribution in [2.45, 2.75) is 167 Å². The maximum atomic E-state index is 17.4. The molecule has 144 heavy (non-hydrogen) atoms. The highest BCUT2D eigenvalue weighted by Gasteiger charge is 2.51. The van der Waals surface area contributed by atoms with Crippen LogP contribution in [-0.4, -0.2) is 178 Å². The van der Waals surface area contributed by atoms with E-state index in [2.05, 4.69) is 55.4 Å². The topological polar surface area (TPSA) is 263 Å². The van der Waals surface area contributed by atoms with E-state index >= 15 is 28.8 Å². The van der Waals surface area contributed by atoms with Gasteiger partial charge in [0.05, 0.1) is 22.3 Å². The number of carbonyl (C=O) groups is 6. The number of para-hydroxylation sites is 4. The minimum atomic E-state index is -3.09. The van der Waals surface area contributed by atoms with Crippen molar-refractivity contribution in [2.75, 3.05) is 95.1 Å². The number of hydrogen-bond donors (Lipinski definition) is 0. The van der Waals surface area contributed by atoms with E-state index in [-0.39, 0.29) is 111 Å². The molecule has 0 spiro atoms. The van der Waals surface area contributed by atoms with Gasteiger partial charge in [0.25, 0.3) is 35.4 Å². The van der Waals surface area contributed by atoms with Crippen LogP contribution in [0, 0.1) is 11.8 Å². The van der Waals surface area contributed by atoms with E-state index in [1.807, 2.05) is 170 Å². The number of fused-ring (bicyclic) bond motifs is 2. The fraction of sp³-hybridized carbons (Fsp3) is 0.351.